The van der Waals surface area contributed by atoms with Crippen LogP contribution < -0.4 is 17.0 Å². The Morgan fingerprint density at radius 2 is 2.24 bits per heavy atom. The highest BCUT2D eigenvalue weighted by Gasteiger charge is 2.10. The molecule has 0 bridgehead atoms. The highest BCUT2D eigenvalue weighted by molar-refractivity contribution is 5.94. The van der Waals surface area contributed by atoms with Crippen LogP contribution in [0.2, 0.25) is 0 Å². The van der Waals surface area contributed by atoms with Crippen molar-refractivity contribution in [1.82, 2.24) is 9.55 Å². The molecule has 0 atom stereocenters. The van der Waals surface area contributed by atoms with E-state index in [2.05, 4.69) is 4.74 Å². The van der Waals surface area contributed by atoms with Crippen LogP contribution in [0.4, 0.5) is 0 Å². The lowest BCUT2D eigenvalue weighted by Crippen LogP contribution is -2.36. The summed E-state index contributed by atoms with van der Waals surface area (Å²) in [6, 6.07) is 0. The molecule has 17 heavy (non-hydrogen) atoms. The molecule has 8 nitrogen and oxygen atoms in total. The van der Waals surface area contributed by atoms with E-state index in [4.69, 9.17) is 11.1 Å². The molecule has 8 heteroatoms. The maximum atomic E-state index is 11.3. The molecule has 1 aromatic rings. The molecule has 0 aliphatic carbocycles. The number of amidine groups is 1. The maximum absolute atomic E-state index is 11.3. The van der Waals surface area contributed by atoms with Crippen molar-refractivity contribution in [2.45, 2.75) is 13.5 Å². The van der Waals surface area contributed by atoms with Crippen LogP contribution in [-0.2, 0) is 16.1 Å². The second kappa shape index (κ2) is 5.10. The molecule has 0 aromatic carbocycles. The summed E-state index contributed by atoms with van der Waals surface area (Å²) in [5, 5.41) is 7.13. The lowest BCUT2D eigenvalue weighted by molar-refractivity contribution is -0.143. The zero-order valence-electron chi connectivity index (χ0n) is 9.15. The Labute approximate surface area is 95.5 Å². The van der Waals surface area contributed by atoms with E-state index in [9.17, 15) is 14.4 Å². The molecule has 0 aliphatic heterocycles. The number of hydrogen-bond acceptors (Lipinski definition) is 5. The van der Waals surface area contributed by atoms with E-state index in [1.807, 2.05) is 4.98 Å². The van der Waals surface area contributed by atoms with Crippen molar-refractivity contribution in [2.75, 3.05) is 6.61 Å². The molecule has 1 rings (SSSR count). The molecule has 0 spiro atoms. The van der Waals surface area contributed by atoms with Gasteiger partial charge in [0.2, 0.25) is 0 Å². The summed E-state index contributed by atoms with van der Waals surface area (Å²) in [4.78, 5) is 35.7. The van der Waals surface area contributed by atoms with Crippen molar-refractivity contribution >= 4 is 11.8 Å². The molecule has 0 radical (unpaired) electrons. The molecule has 0 fully saturated rings. The van der Waals surface area contributed by atoms with Gasteiger partial charge in [-0.3, -0.25) is 24.5 Å². The number of carbonyl (C=O) groups is 1. The van der Waals surface area contributed by atoms with Crippen LogP contribution in [0.1, 0.15) is 12.5 Å². The van der Waals surface area contributed by atoms with E-state index in [1.165, 1.54) is 0 Å². The Hall–Kier alpha value is -2.38. The quantitative estimate of drug-likeness (QED) is 0.331. The Morgan fingerprint density at radius 1 is 1.59 bits per heavy atom. The summed E-state index contributed by atoms with van der Waals surface area (Å²) in [5.74, 6) is -1.10. The van der Waals surface area contributed by atoms with Gasteiger partial charge in [-0.1, -0.05) is 0 Å². The fourth-order valence-corrected chi connectivity index (χ4v) is 1.16. The second-order valence-electron chi connectivity index (χ2n) is 3.15. The summed E-state index contributed by atoms with van der Waals surface area (Å²) in [7, 11) is 0. The number of aromatic amines is 1. The minimum absolute atomic E-state index is 0.172. The van der Waals surface area contributed by atoms with Crippen molar-refractivity contribution in [3.05, 3.63) is 32.6 Å². The highest BCUT2D eigenvalue weighted by Crippen LogP contribution is 1.88. The van der Waals surface area contributed by atoms with Gasteiger partial charge in [0.25, 0.3) is 5.56 Å². The summed E-state index contributed by atoms with van der Waals surface area (Å²) < 4.78 is 5.58. The third kappa shape index (κ3) is 3.03. The number of nitrogens with one attached hydrogen (secondary N) is 2. The zero-order chi connectivity index (χ0) is 13.0. The first-order chi connectivity index (χ1) is 7.95. The minimum atomic E-state index is -0.761. The van der Waals surface area contributed by atoms with Gasteiger partial charge < -0.3 is 10.5 Å². The number of H-pyrrole nitrogens is 1. The van der Waals surface area contributed by atoms with Crippen molar-refractivity contribution in [3.8, 4) is 0 Å². The molecule has 0 unspecified atom stereocenters. The zero-order valence-corrected chi connectivity index (χ0v) is 9.15. The van der Waals surface area contributed by atoms with E-state index in [1.54, 1.807) is 6.92 Å². The largest absolute Gasteiger partial charge is 0.465 e. The molecule has 92 valence electrons. The number of esters is 1. The minimum Gasteiger partial charge on any atom is -0.465 e. The molecule has 4 N–H and O–H groups in total. The monoisotopic (exact) mass is 240 g/mol. The van der Waals surface area contributed by atoms with Gasteiger partial charge >= 0.3 is 11.7 Å². The van der Waals surface area contributed by atoms with Gasteiger partial charge in [0.15, 0.2) is 0 Å². The van der Waals surface area contributed by atoms with E-state index < -0.39 is 23.1 Å². The Bertz CT molecular complexity index is 557. The summed E-state index contributed by atoms with van der Waals surface area (Å²) in [6.45, 7) is 1.48. The van der Waals surface area contributed by atoms with Gasteiger partial charge in [-0.25, -0.2) is 4.79 Å². The van der Waals surface area contributed by atoms with Gasteiger partial charge in [0, 0.05) is 6.20 Å². The molecule has 0 aliphatic rings. The normalized spacial score (nSPS) is 9.94. The Morgan fingerprint density at radius 3 is 2.76 bits per heavy atom. The second-order valence-corrected chi connectivity index (χ2v) is 3.15. The van der Waals surface area contributed by atoms with Crippen molar-refractivity contribution in [2.24, 2.45) is 5.73 Å². The van der Waals surface area contributed by atoms with Crippen molar-refractivity contribution in [3.63, 3.8) is 0 Å². The number of rotatable bonds is 4. The summed E-state index contributed by atoms with van der Waals surface area (Å²) in [6.07, 6.45) is 1.06. The third-order valence-corrected chi connectivity index (χ3v) is 1.91. The molecule has 0 saturated heterocycles. The predicted molar refractivity (Wildman–Crippen MR) is 59.0 cm³/mol. The first-order valence-corrected chi connectivity index (χ1v) is 4.79. The predicted octanol–water partition coefficient (Wildman–Crippen LogP) is -1.62. The SMILES string of the molecule is CCOC(=O)Cn1cc(C(=N)N)c(=O)[nH]c1=O. The summed E-state index contributed by atoms with van der Waals surface area (Å²) >= 11 is 0. The van der Waals surface area contributed by atoms with E-state index in [-0.39, 0.29) is 18.7 Å². The van der Waals surface area contributed by atoms with Gasteiger partial charge in [0.1, 0.15) is 12.4 Å². The molecule has 1 aromatic heterocycles. The molecule has 1 heterocycles. The highest BCUT2D eigenvalue weighted by atomic mass is 16.5. The topological polar surface area (TPSA) is 131 Å². The lowest BCUT2D eigenvalue weighted by Gasteiger charge is -2.06. The smallest absolute Gasteiger partial charge is 0.328 e. The number of ether oxygens (including phenoxy) is 1. The fourth-order valence-electron chi connectivity index (χ4n) is 1.16. The first kappa shape index (κ1) is 12.7. The molecule has 0 amide bonds. The number of nitrogen functional groups attached to an aromatic ring is 1. The van der Waals surface area contributed by atoms with Crippen LogP contribution in [-0.4, -0.2) is 28.0 Å². The molecule has 0 saturated carbocycles. The molecular formula is C9H12N4O4. The number of nitrogens with two attached hydrogens (primary N) is 1. The maximum Gasteiger partial charge on any atom is 0.328 e. The fraction of sp³-hybridized carbons (Fsp3) is 0.333. The van der Waals surface area contributed by atoms with E-state index in [0.717, 1.165) is 10.8 Å². The van der Waals surface area contributed by atoms with Crippen molar-refractivity contribution in [1.29, 1.82) is 5.41 Å². The molecular weight excluding hydrogens is 228 g/mol. The number of aromatic nitrogens is 2. The van der Waals surface area contributed by atoms with Gasteiger partial charge in [0.05, 0.1) is 12.2 Å². The average Bonchev–Trinajstić information content (AvgIpc) is 2.21. The van der Waals surface area contributed by atoms with Crippen LogP contribution in [0.25, 0.3) is 0 Å². The van der Waals surface area contributed by atoms with E-state index in [0.29, 0.717) is 0 Å². The summed E-state index contributed by atoms with van der Waals surface area (Å²) in [5.41, 5.74) is 3.46. The van der Waals surface area contributed by atoms with E-state index >= 15 is 0 Å². The Kier molecular flexibility index (Phi) is 3.81. The number of carbonyl (C=O) groups excluding carboxylic acids is 1. The van der Waals surface area contributed by atoms with Gasteiger partial charge in [-0.05, 0) is 6.92 Å². The van der Waals surface area contributed by atoms with Crippen molar-refractivity contribution < 1.29 is 9.53 Å². The van der Waals surface area contributed by atoms with Gasteiger partial charge in [-0.2, -0.15) is 0 Å². The standard InChI is InChI=1S/C9H12N4O4/c1-2-17-6(14)4-13-3-5(7(10)11)8(15)12-9(13)16/h3H,2,4H2,1H3,(H3,10,11)(H,12,15,16). The Balaban J connectivity index is 3.13. The van der Waals surface area contributed by atoms with Crippen LogP contribution in [0.3, 0.4) is 0 Å². The van der Waals surface area contributed by atoms with Crippen LogP contribution >= 0.6 is 0 Å². The first-order valence-electron chi connectivity index (χ1n) is 4.79. The number of hydrogen-bond donors (Lipinski definition) is 3. The van der Waals surface area contributed by atoms with Crippen LogP contribution in [0.15, 0.2) is 15.8 Å². The van der Waals surface area contributed by atoms with Crippen LogP contribution in [0.5, 0.6) is 0 Å². The van der Waals surface area contributed by atoms with Crippen LogP contribution in [0, 0.1) is 5.41 Å². The number of nitrogens with zero attached hydrogens (tertiary/aromatic N) is 1. The van der Waals surface area contributed by atoms with Gasteiger partial charge in [-0.15, -0.1) is 0 Å². The lowest BCUT2D eigenvalue weighted by atomic mass is 10.3. The average molecular weight is 240 g/mol. The third-order valence-electron chi connectivity index (χ3n) is 1.91.